The summed E-state index contributed by atoms with van der Waals surface area (Å²) in [7, 11) is 0. The Labute approximate surface area is 141 Å². The number of rotatable bonds is 1. The smallest absolute Gasteiger partial charge is 0.0797 e. The van der Waals surface area contributed by atoms with E-state index < -0.39 is 0 Å². The molecule has 3 heteroatoms. The van der Waals surface area contributed by atoms with Crippen molar-refractivity contribution < 1.29 is 0 Å². The predicted molar refractivity (Wildman–Crippen MR) is 100 cm³/mol. The highest BCUT2D eigenvalue weighted by Gasteiger charge is 2.16. The van der Waals surface area contributed by atoms with Crippen LogP contribution in [0.1, 0.15) is 0 Å². The molecule has 23 heavy (non-hydrogen) atoms. The van der Waals surface area contributed by atoms with E-state index in [1.807, 2.05) is 0 Å². The Bertz CT molecular complexity index is 1170. The van der Waals surface area contributed by atoms with Gasteiger partial charge in [0, 0.05) is 26.4 Å². The van der Waals surface area contributed by atoms with Crippen LogP contribution in [0.5, 0.6) is 0 Å². The third-order valence-corrected chi connectivity index (χ3v) is 4.88. The third kappa shape index (κ3) is 1.80. The number of hydrogen-bond donors (Lipinski definition) is 1. The number of aromatic nitrogens is 2. The number of nitrogens with zero attached hydrogens (tertiary/aromatic N) is 1. The highest BCUT2D eigenvalue weighted by molar-refractivity contribution is 9.10. The van der Waals surface area contributed by atoms with Crippen molar-refractivity contribution in [3.05, 3.63) is 77.3 Å². The molecule has 0 spiro atoms. The van der Waals surface area contributed by atoms with Crippen molar-refractivity contribution in [2.24, 2.45) is 0 Å². The van der Waals surface area contributed by atoms with Crippen molar-refractivity contribution in [3.8, 4) is 5.69 Å². The summed E-state index contributed by atoms with van der Waals surface area (Å²) in [5.74, 6) is 0. The molecule has 2 aromatic heterocycles. The van der Waals surface area contributed by atoms with Crippen LogP contribution in [0.15, 0.2) is 77.3 Å². The minimum atomic E-state index is 1.09. The van der Waals surface area contributed by atoms with Crippen molar-refractivity contribution in [3.63, 3.8) is 0 Å². The first kappa shape index (κ1) is 13.0. The summed E-state index contributed by atoms with van der Waals surface area (Å²) in [4.78, 5) is 3.60. The molecule has 5 aromatic rings. The second-order valence-electron chi connectivity index (χ2n) is 5.73. The summed E-state index contributed by atoms with van der Waals surface area (Å²) in [5.41, 5.74) is 5.99. The number of aromatic amines is 1. The molecule has 110 valence electrons. The monoisotopic (exact) mass is 360 g/mol. The average molecular weight is 361 g/mol. The number of nitrogens with one attached hydrogen (secondary N) is 1. The number of fused-ring (bicyclic) bond motifs is 5. The quantitative estimate of drug-likeness (QED) is 0.376. The van der Waals surface area contributed by atoms with Crippen LogP contribution in [-0.2, 0) is 0 Å². The van der Waals surface area contributed by atoms with Gasteiger partial charge in [0.05, 0.1) is 16.6 Å². The van der Waals surface area contributed by atoms with Crippen molar-refractivity contribution in [1.29, 1.82) is 0 Å². The Balaban J connectivity index is 2.07. The number of H-pyrrole nitrogens is 1. The minimum Gasteiger partial charge on any atom is -0.353 e. The van der Waals surface area contributed by atoms with Gasteiger partial charge in [0.25, 0.3) is 0 Å². The Morgan fingerprint density at radius 2 is 1.57 bits per heavy atom. The zero-order chi connectivity index (χ0) is 15.4. The van der Waals surface area contributed by atoms with E-state index in [4.69, 9.17) is 0 Å². The fourth-order valence-corrected chi connectivity index (χ4v) is 3.78. The summed E-state index contributed by atoms with van der Waals surface area (Å²) in [6, 6.07) is 25.5. The van der Waals surface area contributed by atoms with Crippen LogP contribution in [0.4, 0.5) is 0 Å². The molecule has 0 aliphatic carbocycles. The molecule has 0 aliphatic rings. The first-order valence-electron chi connectivity index (χ1n) is 7.59. The lowest BCUT2D eigenvalue weighted by molar-refractivity contribution is 1.19. The van der Waals surface area contributed by atoms with E-state index in [0.29, 0.717) is 0 Å². The standard InChI is InChI=1S/C20H13BrN2/c21-13-10-11-18-16(12-13)19-20(15-8-4-5-9-17(15)22-19)23(18)14-6-2-1-3-7-14/h1-12,22H. The van der Waals surface area contributed by atoms with Gasteiger partial charge in [0.15, 0.2) is 0 Å². The molecule has 2 heterocycles. The van der Waals surface area contributed by atoms with E-state index in [-0.39, 0.29) is 0 Å². The van der Waals surface area contributed by atoms with Gasteiger partial charge in [0.1, 0.15) is 0 Å². The lowest BCUT2D eigenvalue weighted by atomic mass is 10.2. The van der Waals surface area contributed by atoms with Crippen LogP contribution in [0.2, 0.25) is 0 Å². The topological polar surface area (TPSA) is 20.7 Å². The molecule has 0 fully saturated rings. The van der Waals surface area contributed by atoms with Gasteiger partial charge in [-0.1, -0.05) is 52.3 Å². The fourth-order valence-electron chi connectivity index (χ4n) is 3.42. The molecule has 0 saturated heterocycles. The molecule has 5 rings (SSSR count). The maximum atomic E-state index is 3.60. The van der Waals surface area contributed by atoms with Crippen LogP contribution >= 0.6 is 15.9 Å². The fraction of sp³-hybridized carbons (Fsp3) is 0. The first-order chi connectivity index (χ1) is 11.3. The second kappa shape index (κ2) is 4.74. The summed E-state index contributed by atoms with van der Waals surface area (Å²) < 4.78 is 3.44. The molecule has 1 N–H and O–H groups in total. The maximum absolute atomic E-state index is 3.60. The zero-order valence-corrected chi connectivity index (χ0v) is 13.8. The van der Waals surface area contributed by atoms with Crippen molar-refractivity contribution in [1.82, 2.24) is 9.55 Å². The van der Waals surface area contributed by atoms with Gasteiger partial charge in [-0.15, -0.1) is 0 Å². The van der Waals surface area contributed by atoms with Crippen LogP contribution in [-0.4, -0.2) is 9.55 Å². The molecular formula is C20H13BrN2. The summed E-state index contributed by atoms with van der Waals surface area (Å²) in [6.07, 6.45) is 0. The SMILES string of the molecule is Brc1ccc2c(c1)c1[nH]c3ccccc3c1n2-c1ccccc1. The van der Waals surface area contributed by atoms with Gasteiger partial charge >= 0.3 is 0 Å². The second-order valence-corrected chi connectivity index (χ2v) is 6.64. The van der Waals surface area contributed by atoms with Crippen molar-refractivity contribution in [2.75, 3.05) is 0 Å². The largest absolute Gasteiger partial charge is 0.353 e. The van der Waals surface area contributed by atoms with E-state index in [0.717, 1.165) is 4.47 Å². The Morgan fingerprint density at radius 1 is 0.783 bits per heavy atom. The van der Waals surface area contributed by atoms with E-state index >= 15 is 0 Å². The van der Waals surface area contributed by atoms with Crippen molar-refractivity contribution >= 4 is 48.8 Å². The van der Waals surface area contributed by atoms with Gasteiger partial charge in [-0.05, 0) is 36.4 Å². The van der Waals surface area contributed by atoms with E-state index in [1.54, 1.807) is 0 Å². The third-order valence-electron chi connectivity index (χ3n) is 4.39. The Morgan fingerprint density at radius 3 is 2.43 bits per heavy atom. The maximum Gasteiger partial charge on any atom is 0.0797 e. The zero-order valence-electron chi connectivity index (χ0n) is 12.3. The minimum absolute atomic E-state index is 1.09. The summed E-state index contributed by atoms with van der Waals surface area (Å²) in [5, 5.41) is 2.48. The van der Waals surface area contributed by atoms with E-state index in [1.165, 1.54) is 38.5 Å². The highest BCUT2D eigenvalue weighted by atomic mass is 79.9. The molecule has 0 aliphatic heterocycles. The molecule has 0 unspecified atom stereocenters. The first-order valence-corrected chi connectivity index (χ1v) is 8.38. The van der Waals surface area contributed by atoms with Gasteiger partial charge in [-0.25, -0.2) is 0 Å². The van der Waals surface area contributed by atoms with Crippen molar-refractivity contribution in [2.45, 2.75) is 0 Å². The van der Waals surface area contributed by atoms with Gasteiger partial charge in [-0.3, -0.25) is 0 Å². The van der Waals surface area contributed by atoms with E-state index in [9.17, 15) is 0 Å². The molecule has 2 nitrogen and oxygen atoms in total. The summed E-state index contributed by atoms with van der Waals surface area (Å²) >= 11 is 3.60. The molecular weight excluding hydrogens is 348 g/mol. The number of hydrogen-bond acceptors (Lipinski definition) is 0. The molecule has 0 saturated carbocycles. The van der Waals surface area contributed by atoms with E-state index in [2.05, 4.69) is 98.3 Å². The van der Waals surface area contributed by atoms with Crippen LogP contribution < -0.4 is 0 Å². The molecule has 0 radical (unpaired) electrons. The van der Waals surface area contributed by atoms with Crippen LogP contribution in [0, 0.1) is 0 Å². The Kier molecular flexibility index (Phi) is 2.67. The number of benzene rings is 3. The highest BCUT2D eigenvalue weighted by Crippen LogP contribution is 2.37. The normalized spacial score (nSPS) is 11.7. The average Bonchev–Trinajstić information content (AvgIpc) is 3.10. The summed E-state index contributed by atoms with van der Waals surface area (Å²) in [6.45, 7) is 0. The van der Waals surface area contributed by atoms with Crippen LogP contribution in [0.3, 0.4) is 0 Å². The molecule has 3 aromatic carbocycles. The number of para-hydroxylation sites is 2. The van der Waals surface area contributed by atoms with Gasteiger partial charge < -0.3 is 9.55 Å². The van der Waals surface area contributed by atoms with Crippen LogP contribution in [0.25, 0.3) is 38.5 Å². The lowest BCUT2D eigenvalue weighted by Crippen LogP contribution is -1.92. The molecule has 0 amide bonds. The number of halogens is 1. The lowest BCUT2D eigenvalue weighted by Gasteiger charge is -2.07. The molecule has 0 bridgehead atoms. The predicted octanol–water partition coefficient (Wildman–Crippen LogP) is 6.03. The Hall–Kier alpha value is -2.52. The van der Waals surface area contributed by atoms with Gasteiger partial charge in [-0.2, -0.15) is 0 Å². The van der Waals surface area contributed by atoms with Gasteiger partial charge in [0.2, 0.25) is 0 Å². The molecule has 0 atom stereocenters.